The highest BCUT2D eigenvalue weighted by atomic mass is 16.3. The van der Waals surface area contributed by atoms with E-state index in [0.29, 0.717) is 18.2 Å². The van der Waals surface area contributed by atoms with Crippen LogP contribution in [-0.2, 0) is 12.8 Å². The molecule has 0 saturated heterocycles. The maximum Gasteiger partial charge on any atom is 0.269 e. The van der Waals surface area contributed by atoms with E-state index in [0.717, 1.165) is 37.8 Å². The van der Waals surface area contributed by atoms with E-state index in [-0.39, 0.29) is 11.3 Å². The Kier molecular flexibility index (Phi) is 3.76. The second kappa shape index (κ2) is 5.34. The largest absolute Gasteiger partial charge is 0.388 e. The molecule has 1 fully saturated rings. The standard InChI is InChI=1S/C18H26N2O2/c1-17(2)9-8-12-4-7-14(20-15(12)10-17)16(21)19-11-18(3,22)13-5-6-13/h4,7,13,22H,5-6,8-11H2,1-3H3,(H,19,21)/t18-/m0/s1. The van der Waals surface area contributed by atoms with E-state index in [1.807, 2.05) is 6.07 Å². The monoisotopic (exact) mass is 302 g/mol. The lowest BCUT2D eigenvalue weighted by atomic mass is 9.76. The molecule has 1 aromatic rings. The Bertz CT molecular complexity index is 589. The molecule has 22 heavy (non-hydrogen) atoms. The maximum atomic E-state index is 12.3. The first-order valence-electron chi connectivity index (χ1n) is 8.26. The molecule has 3 rings (SSSR count). The van der Waals surface area contributed by atoms with Crippen LogP contribution in [0.4, 0.5) is 0 Å². The van der Waals surface area contributed by atoms with Crippen LogP contribution < -0.4 is 5.32 Å². The van der Waals surface area contributed by atoms with Crippen LogP contribution >= 0.6 is 0 Å². The number of nitrogens with zero attached hydrogens (tertiary/aromatic N) is 1. The van der Waals surface area contributed by atoms with E-state index < -0.39 is 5.60 Å². The lowest BCUT2D eigenvalue weighted by molar-refractivity contribution is 0.0353. The number of hydrogen-bond donors (Lipinski definition) is 2. The van der Waals surface area contributed by atoms with Gasteiger partial charge in [-0.25, -0.2) is 4.98 Å². The first-order valence-corrected chi connectivity index (χ1v) is 8.26. The number of nitrogens with one attached hydrogen (secondary N) is 1. The van der Waals surface area contributed by atoms with Gasteiger partial charge in [-0.05, 0) is 62.0 Å². The second-order valence-electron chi connectivity index (χ2n) is 7.96. The van der Waals surface area contributed by atoms with Gasteiger partial charge in [0.2, 0.25) is 0 Å². The van der Waals surface area contributed by atoms with Crippen LogP contribution in [-0.4, -0.2) is 28.1 Å². The number of rotatable bonds is 4. The molecule has 1 aromatic heterocycles. The van der Waals surface area contributed by atoms with Crippen LogP contribution in [0.5, 0.6) is 0 Å². The minimum Gasteiger partial charge on any atom is -0.388 e. The number of aliphatic hydroxyl groups is 1. The predicted molar refractivity (Wildman–Crippen MR) is 85.7 cm³/mol. The van der Waals surface area contributed by atoms with Gasteiger partial charge in [0.1, 0.15) is 5.69 Å². The second-order valence-corrected chi connectivity index (χ2v) is 7.96. The molecule has 4 heteroatoms. The summed E-state index contributed by atoms with van der Waals surface area (Å²) in [5.74, 6) is 0.136. The van der Waals surface area contributed by atoms with Crippen molar-refractivity contribution in [3.05, 3.63) is 29.1 Å². The highest BCUT2D eigenvalue weighted by molar-refractivity contribution is 5.92. The van der Waals surface area contributed by atoms with E-state index in [4.69, 9.17) is 0 Å². The number of aryl methyl sites for hydroxylation is 1. The minimum absolute atomic E-state index is 0.188. The van der Waals surface area contributed by atoms with Crippen molar-refractivity contribution >= 4 is 5.91 Å². The Balaban J connectivity index is 1.68. The summed E-state index contributed by atoms with van der Waals surface area (Å²) < 4.78 is 0. The lowest BCUT2D eigenvalue weighted by Gasteiger charge is -2.30. The minimum atomic E-state index is -0.800. The highest BCUT2D eigenvalue weighted by Crippen LogP contribution is 2.39. The van der Waals surface area contributed by atoms with Gasteiger partial charge in [0, 0.05) is 12.2 Å². The van der Waals surface area contributed by atoms with Gasteiger partial charge in [0.05, 0.1) is 5.60 Å². The number of amides is 1. The normalized spacial score (nSPS) is 22.5. The van der Waals surface area contributed by atoms with Gasteiger partial charge < -0.3 is 10.4 Å². The third-order valence-electron chi connectivity index (χ3n) is 5.08. The fraction of sp³-hybridized carbons (Fsp3) is 0.667. The molecule has 2 N–H and O–H groups in total. The van der Waals surface area contributed by atoms with Gasteiger partial charge in [-0.3, -0.25) is 4.79 Å². The molecule has 0 unspecified atom stereocenters. The van der Waals surface area contributed by atoms with Gasteiger partial charge in [0.15, 0.2) is 0 Å². The maximum absolute atomic E-state index is 12.3. The fourth-order valence-corrected chi connectivity index (χ4v) is 3.25. The molecule has 1 amide bonds. The zero-order chi connectivity index (χ0) is 16.0. The van der Waals surface area contributed by atoms with Crippen LogP contribution in [0.1, 0.15) is 61.8 Å². The summed E-state index contributed by atoms with van der Waals surface area (Å²) in [4.78, 5) is 16.9. The number of aromatic nitrogens is 1. The van der Waals surface area contributed by atoms with Crippen LogP contribution in [0.25, 0.3) is 0 Å². The first-order chi connectivity index (χ1) is 10.3. The summed E-state index contributed by atoms with van der Waals surface area (Å²) in [6, 6.07) is 3.84. The summed E-state index contributed by atoms with van der Waals surface area (Å²) in [6.07, 6.45) is 5.22. The molecule has 0 bridgehead atoms. The zero-order valence-corrected chi connectivity index (χ0v) is 13.8. The van der Waals surface area contributed by atoms with Crippen molar-refractivity contribution in [2.75, 3.05) is 6.54 Å². The van der Waals surface area contributed by atoms with Gasteiger partial charge >= 0.3 is 0 Å². The van der Waals surface area contributed by atoms with Crippen molar-refractivity contribution in [3.63, 3.8) is 0 Å². The molecular formula is C18H26N2O2. The van der Waals surface area contributed by atoms with E-state index >= 15 is 0 Å². The molecule has 0 aliphatic heterocycles. The average Bonchev–Trinajstić information content (AvgIpc) is 3.28. The Morgan fingerprint density at radius 1 is 1.45 bits per heavy atom. The summed E-state index contributed by atoms with van der Waals surface area (Å²) in [5.41, 5.74) is 2.23. The smallest absolute Gasteiger partial charge is 0.269 e. The summed E-state index contributed by atoms with van der Waals surface area (Å²) >= 11 is 0. The molecule has 1 atom stereocenters. The van der Waals surface area contributed by atoms with Crippen LogP contribution in [0.2, 0.25) is 0 Å². The molecule has 0 spiro atoms. The quantitative estimate of drug-likeness (QED) is 0.898. The summed E-state index contributed by atoms with van der Waals surface area (Å²) in [6.45, 7) is 6.59. The SMILES string of the molecule is CC1(C)CCc2ccc(C(=O)NC[C@](C)(O)C3CC3)nc2C1. The van der Waals surface area contributed by atoms with Crippen molar-refractivity contribution in [2.24, 2.45) is 11.3 Å². The highest BCUT2D eigenvalue weighted by Gasteiger charge is 2.40. The molecule has 1 heterocycles. The lowest BCUT2D eigenvalue weighted by Crippen LogP contribution is -2.42. The number of carbonyl (C=O) groups is 1. The molecule has 0 aromatic carbocycles. The molecular weight excluding hydrogens is 276 g/mol. The van der Waals surface area contributed by atoms with Gasteiger partial charge in [-0.15, -0.1) is 0 Å². The van der Waals surface area contributed by atoms with Crippen molar-refractivity contribution in [2.45, 2.75) is 58.5 Å². The van der Waals surface area contributed by atoms with E-state index in [1.165, 1.54) is 5.56 Å². The van der Waals surface area contributed by atoms with Crippen molar-refractivity contribution in [1.29, 1.82) is 0 Å². The fourth-order valence-electron chi connectivity index (χ4n) is 3.25. The summed E-state index contributed by atoms with van der Waals surface area (Å²) in [5, 5.41) is 13.1. The number of fused-ring (bicyclic) bond motifs is 1. The topological polar surface area (TPSA) is 62.2 Å². The first kappa shape index (κ1) is 15.5. The van der Waals surface area contributed by atoms with Crippen LogP contribution in [0.15, 0.2) is 12.1 Å². The van der Waals surface area contributed by atoms with Crippen LogP contribution in [0, 0.1) is 11.3 Å². The molecule has 2 aliphatic rings. The Morgan fingerprint density at radius 2 is 2.18 bits per heavy atom. The van der Waals surface area contributed by atoms with Gasteiger partial charge in [-0.1, -0.05) is 19.9 Å². The number of pyridine rings is 1. The molecule has 120 valence electrons. The Hall–Kier alpha value is -1.42. The third kappa shape index (κ3) is 3.32. The van der Waals surface area contributed by atoms with Crippen molar-refractivity contribution < 1.29 is 9.90 Å². The molecule has 4 nitrogen and oxygen atoms in total. The van der Waals surface area contributed by atoms with Crippen LogP contribution in [0.3, 0.4) is 0 Å². The number of hydrogen-bond acceptors (Lipinski definition) is 3. The van der Waals surface area contributed by atoms with Gasteiger partial charge in [-0.2, -0.15) is 0 Å². The number of carbonyl (C=O) groups excluding carboxylic acids is 1. The molecule has 1 saturated carbocycles. The third-order valence-corrected chi connectivity index (χ3v) is 5.08. The zero-order valence-electron chi connectivity index (χ0n) is 13.8. The predicted octanol–water partition coefficient (Wildman–Crippen LogP) is 2.49. The molecule has 0 radical (unpaired) electrons. The van der Waals surface area contributed by atoms with E-state index in [9.17, 15) is 9.90 Å². The van der Waals surface area contributed by atoms with E-state index in [2.05, 4.69) is 24.1 Å². The summed E-state index contributed by atoms with van der Waals surface area (Å²) in [7, 11) is 0. The van der Waals surface area contributed by atoms with Gasteiger partial charge in [0.25, 0.3) is 5.91 Å². The Labute approximate surface area is 132 Å². The molecule has 2 aliphatic carbocycles. The average molecular weight is 302 g/mol. The Morgan fingerprint density at radius 3 is 2.86 bits per heavy atom. The van der Waals surface area contributed by atoms with E-state index in [1.54, 1.807) is 13.0 Å². The van der Waals surface area contributed by atoms with Crippen molar-refractivity contribution in [3.8, 4) is 0 Å². The van der Waals surface area contributed by atoms with Crippen molar-refractivity contribution in [1.82, 2.24) is 10.3 Å².